The summed E-state index contributed by atoms with van der Waals surface area (Å²) in [6.45, 7) is 0. The fourth-order valence-corrected chi connectivity index (χ4v) is 2.50. The maximum atomic E-state index is 13.2. The zero-order valence-electron chi connectivity index (χ0n) is 12.4. The summed E-state index contributed by atoms with van der Waals surface area (Å²) < 4.78 is 26.3. The Labute approximate surface area is 141 Å². The second kappa shape index (κ2) is 6.20. The maximum absolute atomic E-state index is 13.2. The Morgan fingerprint density at radius 1 is 0.958 bits per heavy atom. The first-order valence-corrected chi connectivity index (χ1v) is 7.62. The smallest absolute Gasteiger partial charge is 0.240 e. The topological polar surface area (TPSA) is 58.2 Å². The van der Waals surface area contributed by atoms with Gasteiger partial charge in [-0.15, -0.1) is 0 Å². The van der Waals surface area contributed by atoms with Crippen molar-refractivity contribution < 1.29 is 18.4 Å². The molecule has 0 aromatic heterocycles. The average Bonchev–Trinajstić information content (AvgIpc) is 3.33. The minimum atomic E-state index is -1.20. The molecule has 0 atom stereocenters. The van der Waals surface area contributed by atoms with E-state index < -0.39 is 28.9 Å². The van der Waals surface area contributed by atoms with E-state index in [4.69, 9.17) is 11.6 Å². The molecule has 1 fully saturated rings. The van der Waals surface area contributed by atoms with Crippen LogP contribution in [0.15, 0.2) is 42.5 Å². The number of carbonyl (C=O) groups is 2. The quantitative estimate of drug-likeness (QED) is 0.819. The second-order valence-electron chi connectivity index (χ2n) is 5.63. The predicted octanol–water partition coefficient (Wildman–Crippen LogP) is 3.98. The van der Waals surface area contributed by atoms with Crippen molar-refractivity contribution in [2.24, 2.45) is 5.41 Å². The number of carbonyl (C=O) groups excluding carboxylic acids is 2. The van der Waals surface area contributed by atoms with Gasteiger partial charge >= 0.3 is 0 Å². The Bertz CT molecular complexity index is 822. The predicted molar refractivity (Wildman–Crippen MR) is 86.7 cm³/mol. The number of nitrogens with one attached hydrogen (secondary N) is 2. The summed E-state index contributed by atoms with van der Waals surface area (Å²) in [5.74, 6) is -2.08. The minimum absolute atomic E-state index is 0.123. The van der Waals surface area contributed by atoms with E-state index in [1.807, 2.05) is 0 Å². The summed E-state index contributed by atoms with van der Waals surface area (Å²) in [6, 6.07) is 9.19. The van der Waals surface area contributed by atoms with Crippen molar-refractivity contribution >= 4 is 34.8 Å². The number of rotatable bonds is 4. The third-order valence-electron chi connectivity index (χ3n) is 3.88. The van der Waals surface area contributed by atoms with E-state index in [2.05, 4.69) is 10.6 Å². The van der Waals surface area contributed by atoms with Gasteiger partial charge in [0.15, 0.2) is 0 Å². The van der Waals surface area contributed by atoms with E-state index in [0.29, 0.717) is 18.5 Å². The third-order valence-corrected chi connectivity index (χ3v) is 4.17. The molecule has 1 aliphatic rings. The number of hydrogen-bond acceptors (Lipinski definition) is 2. The number of amides is 2. The molecule has 0 saturated heterocycles. The fraction of sp³-hybridized carbons (Fsp3) is 0.176. The van der Waals surface area contributed by atoms with Gasteiger partial charge in [-0.2, -0.15) is 0 Å². The molecule has 0 unspecified atom stereocenters. The van der Waals surface area contributed by atoms with E-state index in [1.165, 1.54) is 36.4 Å². The van der Waals surface area contributed by atoms with Crippen LogP contribution in [0.3, 0.4) is 0 Å². The van der Waals surface area contributed by atoms with E-state index in [1.54, 1.807) is 0 Å². The molecular formula is C17H13ClF2N2O2. The standard InChI is InChI=1S/C17H13ClF2N2O2/c18-13-9-12(4-5-14(13)20)22-16(24)17(6-7-17)15(23)21-11-3-1-2-10(19)8-11/h1-5,8-9H,6-7H2,(H,21,23)(H,22,24). The molecule has 1 saturated carbocycles. The summed E-state index contributed by atoms with van der Waals surface area (Å²) in [5, 5.41) is 4.99. The Morgan fingerprint density at radius 3 is 2.12 bits per heavy atom. The minimum Gasteiger partial charge on any atom is -0.325 e. The van der Waals surface area contributed by atoms with Gasteiger partial charge in [0, 0.05) is 11.4 Å². The average molecular weight is 351 g/mol. The number of benzene rings is 2. The molecule has 0 bridgehead atoms. The summed E-state index contributed by atoms with van der Waals surface area (Å²) in [4.78, 5) is 24.8. The van der Waals surface area contributed by atoms with E-state index >= 15 is 0 Å². The highest BCUT2D eigenvalue weighted by molar-refractivity contribution is 6.31. The van der Waals surface area contributed by atoms with Crippen molar-refractivity contribution in [3.8, 4) is 0 Å². The molecule has 4 nitrogen and oxygen atoms in total. The lowest BCUT2D eigenvalue weighted by Gasteiger charge is -2.15. The van der Waals surface area contributed by atoms with Gasteiger partial charge in [-0.05, 0) is 49.2 Å². The molecule has 124 valence electrons. The van der Waals surface area contributed by atoms with Crippen LogP contribution in [0.4, 0.5) is 20.2 Å². The van der Waals surface area contributed by atoms with Gasteiger partial charge in [0.2, 0.25) is 11.8 Å². The molecule has 24 heavy (non-hydrogen) atoms. The van der Waals surface area contributed by atoms with E-state index in [-0.39, 0.29) is 10.7 Å². The Kier molecular flexibility index (Phi) is 4.24. The van der Waals surface area contributed by atoms with Gasteiger partial charge in [-0.3, -0.25) is 9.59 Å². The molecule has 3 rings (SSSR count). The monoisotopic (exact) mass is 350 g/mol. The molecule has 1 aliphatic carbocycles. The van der Waals surface area contributed by atoms with Crippen LogP contribution >= 0.6 is 11.6 Å². The second-order valence-corrected chi connectivity index (χ2v) is 6.04. The lowest BCUT2D eigenvalue weighted by Crippen LogP contribution is -2.35. The fourth-order valence-electron chi connectivity index (χ4n) is 2.32. The Morgan fingerprint density at radius 2 is 1.58 bits per heavy atom. The maximum Gasteiger partial charge on any atom is 0.240 e. The van der Waals surface area contributed by atoms with Crippen LogP contribution in [0.5, 0.6) is 0 Å². The van der Waals surface area contributed by atoms with Crippen molar-refractivity contribution in [3.05, 3.63) is 59.1 Å². The van der Waals surface area contributed by atoms with Crippen molar-refractivity contribution in [2.75, 3.05) is 10.6 Å². The summed E-state index contributed by atoms with van der Waals surface area (Å²) in [6.07, 6.45) is 0.768. The van der Waals surface area contributed by atoms with Crippen molar-refractivity contribution in [1.29, 1.82) is 0 Å². The highest BCUT2D eigenvalue weighted by atomic mass is 35.5. The molecule has 0 aliphatic heterocycles. The van der Waals surface area contributed by atoms with Crippen LogP contribution in [0.2, 0.25) is 5.02 Å². The van der Waals surface area contributed by atoms with Crippen LogP contribution in [-0.4, -0.2) is 11.8 Å². The van der Waals surface area contributed by atoms with Crippen molar-refractivity contribution in [2.45, 2.75) is 12.8 Å². The molecule has 0 spiro atoms. The molecule has 0 heterocycles. The Hall–Kier alpha value is -2.47. The molecular weight excluding hydrogens is 338 g/mol. The number of halogens is 3. The zero-order valence-corrected chi connectivity index (χ0v) is 13.2. The highest BCUT2D eigenvalue weighted by Gasteiger charge is 2.56. The summed E-state index contributed by atoms with van der Waals surface area (Å²) >= 11 is 5.67. The molecule has 2 N–H and O–H groups in total. The van der Waals surface area contributed by atoms with Crippen LogP contribution < -0.4 is 10.6 Å². The van der Waals surface area contributed by atoms with Crippen LogP contribution in [0, 0.1) is 17.0 Å². The van der Waals surface area contributed by atoms with Gasteiger partial charge in [0.05, 0.1) is 5.02 Å². The van der Waals surface area contributed by atoms with Crippen LogP contribution in [0.25, 0.3) is 0 Å². The van der Waals surface area contributed by atoms with Gasteiger partial charge in [-0.1, -0.05) is 17.7 Å². The van der Waals surface area contributed by atoms with E-state index in [9.17, 15) is 18.4 Å². The number of hydrogen-bond donors (Lipinski definition) is 2. The summed E-state index contributed by atoms with van der Waals surface area (Å²) in [5.41, 5.74) is -0.618. The largest absolute Gasteiger partial charge is 0.325 e. The first kappa shape index (κ1) is 16.4. The van der Waals surface area contributed by atoms with Gasteiger partial charge in [-0.25, -0.2) is 8.78 Å². The van der Waals surface area contributed by atoms with Gasteiger partial charge in [0.25, 0.3) is 0 Å². The highest BCUT2D eigenvalue weighted by Crippen LogP contribution is 2.47. The number of anilines is 2. The third kappa shape index (κ3) is 3.23. The lowest BCUT2D eigenvalue weighted by atomic mass is 10.0. The van der Waals surface area contributed by atoms with Crippen molar-refractivity contribution in [3.63, 3.8) is 0 Å². The molecule has 7 heteroatoms. The van der Waals surface area contributed by atoms with Gasteiger partial charge < -0.3 is 10.6 Å². The zero-order chi connectivity index (χ0) is 17.3. The SMILES string of the molecule is O=C(Nc1cccc(F)c1)C1(C(=O)Nc2ccc(F)c(Cl)c2)CC1. The van der Waals surface area contributed by atoms with Crippen LogP contribution in [0.1, 0.15) is 12.8 Å². The summed E-state index contributed by atoms with van der Waals surface area (Å²) in [7, 11) is 0. The van der Waals surface area contributed by atoms with Gasteiger partial charge in [0.1, 0.15) is 17.0 Å². The normalized spacial score (nSPS) is 14.8. The molecule has 2 aromatic rings. The Balaban J connectivity index is 1.71. The molecule has 2 amide bonds. The lowest BCUT2D eigenvalue weighted by molar-refractivity contribution is -0.131. The first-order valence-electron chi connectivity index (χ1n) is 7.24. The molecule has 2 aromatic carbocycles. The van der Waals surface area contributed by atoms with E-state index in [0.717, 1.165) is 6.07 Å². The first-order chi connectivity index (χ1) is 11.4. The van der Waals surface area contributed by atoms with Crippen molar-refractivity contribution in [1.82, 2.24) is 0 Å². The van der Waals surface area contributed by atoms with Crippen LogP contribution in [-0.2, 0) is 9.59 Å². The molecule has 0 radical (unpaired) electrons.